The van der Waals surface area contributed by atoms with Gasteiger partial charge in [0.2, 0.25) is 0 Å². The summed E-state index contributed by atoms with van der Waals surface area (Å²) in [6.07, 6.45) is 5.04. The molecule has 7 aromatic carbocycles. The van der Waals surface area contributed by atoms with Gasteiger partial charge >= 0.3 is 0 Å². The van der Waals surface area contributed by atoms with Gasteiger partial charge in [-0.2, -0.15) is 0 Å². The first kappa shape index (κ1) is 32.1. The molecule has 2 aliphatic carbocycles. The van der Waals surface area contributed by atoms with Gasteiger partial charge < -0.3 is 9.80 Å². The summed E-state index contributed by atoms with van der Waals surface area (Å²) >= 11 is 0. The smallest absolute Gasteiger partial charge is 0.0543 e. The Morgan fingerprint density at radius 2 is 0.827 bits per heavy atom. The highest BCUT2D eigenvalue weighted by atomic mass is 15.1. The summed E-state index contributed by atoms with van der Waals surface area (Å²) in [5, 5.41) is 0. The number of rotatable bonds is 8. The summed E-state index contributed by atoms with van der Waals surface area (Å²) in [5.41, 5.74) is 15.3. The van der Waals surface area contributed by atoms with Crippen molar-refractivity contribution in [1.82, 2.24) is 0 Å². The van der Waals surface area contributed by atoms with Gasteiger partial charge in [0, 0.05) is 44.8 Å². The Hall–Kier alpha value is -5.86. The van der Waals surface area contributed by atoms with Crippen molar-refractivity contribution < 1.29 is 0 Å². The van der Waals surface area contributed by atoms with Crippen LogP contribution in [0.5, 0.6) is 0 Å². The third kappa shape index (κ3) is 5.33. The van der Waals surface area contributed by atoms with Crippen molar-refractivity contribution in [3.8, 4) is 11.1 Å². The highest BCUT2D eigenvalue weighted by Crippen LogP contribution is 2.59. The molecule has 9 rings (SSSR count). The molecule has 7 aromatic rings. The van der Waals surface area contributed by atoms with E-state index in [4.69, 9.17) is 0 Å². The normalized spacial score (nSPS) is 14.2. The Morgan fingerprint density at radius 1 is 0.404 bits per heavy atom. The van der Waals surface area contributed by atoms with Gasteiger partial charge in [0.05, 0.1) is 5.69 Å². The van der Waals surface area contributed by atoms with Crippen molar-refractivity contribution in [1.29, 1.82) is 0 Å². The number of anilines is 6. The summed E-state index contributed by atoms with van der Waals surface area (Å²) in [6.45, 7) is 4.67. The van der Waals surface area contributed by atoms with Crippen LogP contribution in [0.3, 0.4) is 0 Å². The number of benzene rings is 7. The average Bonchev–Trinajstić information content (AvgIpc) is 3.81. The summed E-state index contributed by atoms with van der Waals surface area (Å²) in [5.74, 6) is 0. The van der Waals surface area contributed by atoms with Crippen molar-refractivity contribution in [3.05, 3.63) is 204 Å². The van der Waals surface area contributed by atoms with E-state index in [1.807, 2.05) is 0 Å². The van der Waals surface area contributed by atoms with E-state index >= 15 is 0 Å². The van der Waals surface area contributed by atoms with Gasteiger partial charge in [0.15, 0.2) is 0 Å². The molecule has 52 heavy (non-hydrogen) atoms. The number of hydrogen-bond donors (Lipinski definition) is 0. The first-order valence-corrected chi connectivity index (χ1v) is 18.7. The lowest BCUT2D eigenvalue weighted by Crippen LogP contribution is -2.21. The predicted octanol–water partition coefficient (Wildman–Crippen LogP) is 13.8. The Kier molecular flexibility index (Phi) is 8.04. The molecule has 2 heteroatoms. The van der Waals surface area contributed by atoms with Crippen LogP contribution in [0.1, 0.15) is 61.8 Å². The third-order valence-electron chi connectivity index (χ3n) is 11.7. The molecule has 0 unspecified atom stereocenters. The van der Waals surface area contributed by atoms with Crippen LogP contribution >= 0.6 is 0 Å². The van der Waals surface area contributed by atoms with Crippen LogP contribution in [0.15, 0.2) is 182 Å². The number of para-hydroxylation sites is 3. The van der Waals surface area contributed by atoms with E-state index in [2.05, 4.69) is 206 Å². The first-order valence-electron chi connectivity index (χ1n) is 18.7. The minimum Gasteiger partial charge on any atom is -0.311 e. The van der Waals surface area contributed by atoms with E-state index in [-0.39, 0.29) is 10.8 Å². The topological polar surface area (TPSA) is 6.48 Å². The lowest BCUT2D eigenvalue weighted by Gasteiger charge is -2.31. The van der Waals surface area contributed by atoms with Gasteiger partial charge in [-0.1, -0.05) is 142 Å². The van der Waals surface area contributed by atoms with Crippen LogP contribution in [0, 0.1) is 0 Å². The second-order valence-electron chi connectivity index (χ2n) is 14.9. The van der Waals surface area contributed by atoms with E-state index < -0.39 is 0 Å². The SMILES string of the molecule is CC(C)(c1ccc(N(c2ccccc2)c2ccccc2)cc1)c1ccc(N(c2ccccc2)c2cccc3c2-c2ccccc2C32CCCC2)cc1. The second-order valence-corrected chi connectivity index (χ2v) is 14.9. The standard InChI is InChI=1S/C50H44N2/c1-49(2,37-27-31-42(32-28-37)51(39-17-6-3-7-18-39)40-19-8-4-9-20-40)38-29-33-43(34-30-38)52(41-21-10-5-11-22-41)47-26-16-25-46-48(47)44-23-12-13-24-45(44)50(46)35-14-15-36-50/h3-13,16-34H,14-15,35-36H2,1-2H3. The van der Waals surface area contributed by atoms with E-state index in [0.717, 1.165) is 17.1 Å². The van der Waals surface area contributed by atoms with E-state index in [1.54, 1.807) is 0 Å². The Morgan fingerprint density at radius 3 is 1.37 bits per heavy atom. The van der Waals surface area contributed by atoms with Crippen molar-refractivity contribution in [2.45, 2.75) is 50.4 Å². The molecular weight excluding hydrogens is 629 g/mol. The van der Waals surface area contributed by atoms with Crippen LogP contribution in [0.4, 0.5) is 34.1 Å². The molecule has 0 heterocycles. The maximum Gasteiger partial charge on any atom is 0.0543 e. The highest BCUT2D eigenvalue weighted by molar-refractivity contribution is 5.95. The molecule has 1 saturated carbocycles. The highest BCUT2D eigenvalue weighted by Gasteiger charge is 2.46. The maximum atomic E-state index is 2.47. The van der Waals surface area contributed by atoms with Crippen LogP contribution in [0.2, 0.25) is 0 Å². The summed E-state index contributed by atoms with van der Waals surface area (Å²) in [7, 11) is 0. The molecule has 0 amide bonds. The molecule has 0 radical (unpaired) electrons. The van der Waals surface area contributed by atoms with Gasteiger partial charge in [0.25, 0.3) is 0 Å². The maximum absolute atomic E-state index is 2.47. The van der Waals surface area contributed by atoms with Gasteiger partial charge in [-0.3, -0.25) is 0 Å². The molecule has 0 atom stereocenters. The lowest BCUT2D eigenvalue weighted by atomic mass is 9.77. The van der Waals surface area contributed by atoms with Crippen LogP contribution < -0.4 is 9.80 Å². The fourth-order valence-corrected chi connectivity index (χ4v) is 9.02. The van der Waals surface area contributed by atoms with Crippen molar-refractivity contribution >= 4 is 34.1 Å². The summed E-state index contributed by atoms with van der Waals surface area (Å²) in [6, 6.07) is 66.7. The molecule has 1 spiro atoms. The Labute approximate surface area is 308 Å². The van der Waals surface area contributed by atoms with Crippen LogP contribution in [-0.4, -0.2) is 0 Å². The van der Waals surface area contributed by atoms with Crippen molar-refractivity contribution in [2.24, 2.45) is 0 Å². The number of hydrogen-bond acceptors (Lipinski definition) is 2. The third-order valence-corrected chi connectivity index (χ3v) is 11.7. The van der Waals surface area contributed by atoms with E-state index in [1.165, 1.54) is 76.1 Å². The monoisotopic (exact) mass is 672 g/mol. The zero-order valence-electron chi connectivity index (χ0n) is 30.0. The van der Waals surface area contributed by atoms with Crippen molar-refractivity contribution in [2.75, 3.05) is 9.80 Å². The summed E-state index contributed by atoms with van der Waals surface area (Å²) in [4.78, 5) is 4.79. The molecule has 1 fully saturated rings. The molecular formula is C50H44N2. The Bertz CT molecular complexity index is 2260. The molecule has 2 aliphatic rings. The van der Waals surface area contributed by atoms with Gasteiger partial charge in [-0.15, -0.1) is 0 Å². The molecule has 0 bridgehead atoms. The van der Waals surface area contributed by atoms with Crippen LogP contribution in [-0.2, 0) is 10.8 Å². The molecule has 0 saturated heterocycles. The van der Waals surface area contributed by atoms with Gasteiger partial charge in [0.1, 0.15) is 0 Å². The van der Waals surface area contributed by atoms with E-state index in [0.29, 0.717) is 0 Å². The number of fused-ring (bicyclic) bond motifs is 5. The molecule has 0 aromatic heterocycles. The second kappa shape index (κ2) is 13.0. The zero-order valence-corrected chi connectivity index (χ0v) is 30.0. The first-order chi connectivity index (χ1) is 25.5. The summed E-state index contributed by atoms with van der Waals surface area (Å²) < 4.78 is 0. The zero-order chi connectivity index (χ0) is 35.1. The molecule has 2 nitrogen and oxygen atoms in total. The molecule has 0 aliphatic heterocycles. The van der Waals surface area contributed by atoms with Gasteiger partial charge in [-0.25, -0.2) is 0 Å². The fraction of sp³-hybridized carbons (Fsp3) is 0.160. The van der Waals surface area contributed by atoms with Crippen molar-refractivity contribution in [3.63, 3.8) is 0 Å². The Balaban J connectivity index is 1.08. The largest absolute Gasteiger partial charge is 0.311 e. The fourth-order valence-electron chi connectivity index (χ4n) is 9.02. The molecule has 0 N–H and O–H groups in total. The predicted molar refractivity (Wildman–Crippen MR) is 219 cm³/mol. The minimum absolute atomic E-state index is 0.132. The van der Waals surface area contributed by atoms with Crippen LogP contribution in [0.25, 0.3) is 11.1 Å². The quantitative estimate of drug-likeness (QED) is 0.159. The number of nitrogens with zero attached hydrogens (tertiary/aromatic N) is 2. The minimum atomic E-state index is -0.194. The van der Waals surface area contributed by atoms with Gasteiger partial charge in [-0.05, 0) is 107 Å². The molecule has 254 valence electrons. The lowest BCUT2D eigenvalue weighted by molar-refractivity contribution is 0.550. The average molecular weight is 673 g/mol. The van der Waals surface area contributed by atoms with E-state index in [9.17, 15) is 0 Å².